The molecule has 1 aliphatic heterocycles. The number of hydrogen-bond acceptors (Lipinski definition) is 8. The fourth-order valence-corrected chi connectivity index (χ4v) is 4.53. The molecular weight excluding hydrogens is 423 g/mol. The van der Waals surface area contributed by atoms with Crippen molar-refractivity contribution in [3.8, 4) is 11.3 Å². The summed E-state index contributed by atoms with van der Waals surface area (Å²) in [4.78, 5) is 12.9. The molecular formula is C24H35FN6O2. The molecule has 3 N–H and O–H groups in total. The zero-order valence-corrected chi connectivity index (χ0v) is 19.4. The van der Waals surface area contributed by atoms with Crippen molar-refractivity contribution in [2.75, 3.05) is 50.7 Å². The summed E-state index contributed by atoms with van der Waals surface area (Å²) in [6.07, 6.45) is 9.14. The first-order chi connectivity index (χ1) is 16.2. The van der Waals surface area contributed by atoms with Gasteiger partial charge in [0.05, 0.1) is 18.5 Å². The molecule has 1 saturated heterocycles. The Bertz CT molecular complexity index is 872. The van der Waals surface area contributed by atoms with Gasteiger partial charge in [-0.3, -0.25) is 0 Å². The van der Waals surface area contributed by atoms with Gasteiger partial charge in [0.15, 0.2) is 5.82 Å². The van der Waals surface area contributed by atoms with Crippen molar-refractivity contribution >= 4 is 11.6 Å². The van der Waals surface area contributed by atoms with E-state index in [1.807, 2.05) is 0 Å². The average molecular weight is 459 g/mol. The number of anilines is 2. The smallest absolute Gasteiger partial charge is 0.151 e. The molecule has 1 aliphatic carbocycles. The third kappa shape index (κ3) is 7.06. The van der Waals surface area contributed by atoms with Gasteiger partial charge in [-0.2, -0.15) is 0 Å². The zero-order chi connectivity index (χ0) is 22.9. The van der Waals surface area contributed by atoms with Gasteiger partial charge in [0.25, 0.3) is 0 Å². The first-order valence-electron chi connectivity index (χ1n) is 12.0. The predicted octanol–water partition coefficient (Wildman–Crippen LogP) is 3.48. The Kier molecular flexibility index (Phi) is 8.79. The molecule has 9 heteroatoms. The molecule has 0 bridgehead atoms. The lowest BCUT2D eigenvalue weighted by Crippen LogP contribution is -2.38. The summed E-state index contributed by atoms with van der Waals surface area (Å²) in [5.74, 6) is 1.56. The van der Waals surface area contributed by atoms with Crippen molar-refractivity contribution in [2.24, 2.45) is 5.92 Å². The Morgan fingerprint density at radius 2 is 1.79 bits per heavy atom. The van der Waals surface area contributed by atoms with Crippen molar-refractivity contribution < 1.29 is 13.9 Å². The maximum absolute atomic E-state index is 14.6. The molecule has 1 saturated carbocycles. The third-order valence-electron chi connectivity index (χ3n) is 6.53. The second kappa shape index (κ2) is 12.2. The van der Waals surface area contributed by atoms with Crippen LogP contribution in [0.15, 0.2) is 24.7 Å². The summed E-state index contributed by atoms with van der Waals surface area (Å²) in [6.45, 7) is 4.06. The van der Waals surface area contributed by atoms with Crippen LogP contribution in [-0.4, -0.2) is 67.1 Å². The highest BCUT2D eigenvalue weighted by atomic mass is 19.1. The van der Waals surface area contributed by atoms with Crippen LogP contribution in [-0.2, 0) is 9.47 Å². The van der Waals surface area contributed by atoms with Crippen LogP contribution in [0.5, 0.6) is 0 Å². The van der Waals surface area contributed by atoms with Crippen LogP contribution in [0, 0.1) is 11.7 Å². The molecule has 2 aromatic rings. The second-order valence-corrected chi connectivity index (χ2v) is 8.91. The molecule has 3 heterocycles. The van der Waals surface area contributed by atoms with E-state index in [4.69, 9.17) is 9.47 Å². The van der Waals surface area contributed by atoms with Crippen LogP contribution >= 0.6 is 0 Å². The lowest BCUT2D eigenvalue weighted by Gasteiger charge is -2.30. The van der Waals surface area contributed by atoms with Crippen LogP contribution in [0.2, 0.25) is 0 Å². The Morgan fingerprint density at radius 3 is 2.58 bits per heavy atom. The van der Waals surface area contributed by atoms with Crippen LogP contribution in [0.4, 0.5) is 16.0 Å². The largest absolute Gasteiger partial charge is 0.383 e. The number of pyridine rings is 1. The summed E-state index contributed by atoms with van der Waals surface area (Å²) in [6, 6.07) is 4.42. The van der Waals surface area contributed by atoms with Crippen molar-refractivity contribution in [1.82, 2.24) is 20.3 Å². The topological polar surface area (TPSA) is 93.2 Å². The molecule has 33 heavy (non-hydrogen) atoms. The van der Waals surface area contributed by atoms with Crippen molar-refractivity contribution in [1.29, 1.82) is 0 Å². The van der Waals surface area contributed by atoms with Crippen LogP contribution in [0.25, 0.3) is 11.3 Å². The van der Waals surface area contributed by atoms with E-state index in [-0.39, 0.29) is 5.82 Å². The van der Waals surface area contributed by atoms with Gasteiger partial charge in [-0.15, -0.1) is 0 Å². The first kappa shape index (κ1) is 23.8. The predicted molar refractivity (Wildman–Crippen MR) is 127 cm³/mol. The lowest BCUT2D eigenvalue weighted by molar-refractivity contribution is 0.0699. The lowest BCUT2D eigenvalue weighted by atomic mass is 9.91. The SMILES string of the molecule is COCCNC1CCC(Nc2cc(-c3cc(NCC4CCOCC4)ncn3)c(F)cn2)CC1. The van der Waals surface area contributed by atoms with Crippen molar-refractivity contribution in [2.45, 2.75) is 50.6 Å². The third-order valence-corrected chi connectivity index (χ3v) is 6.53. The highest BCUT2D eigenvalue weighted by Crippen LogP contribution is 2.27. The van der Waals surface area contributed by atoms with Gasteiger partial charge in [0, 0.05) is 57.1 Å². The normalized spacial score (nSPS) is 21.6. The molecule has 2 fully saturated rings. The number of hydrogen-bond donors (Lipinski definition) is 3. The summed E-state index contributed by atoms with van der Waals surface area (Å²) < 4.78 is 25.2. The average Bonchev–Trinajstić information content (AvgIpc) is 2.86. The number of ether oxygens (including phenoxy) is 2. The van der Waals surface area contributed by atoms with Crippen LogP contribution in [0.3, 0.4) is 0 Å². The molecule has 0 spiro atoms. The molecule has 2 aromatic heterocycles. The number of rotatable bonds is 10. The minimum absolute atomic E-state index is 0.332. The van der Waals surface area contributed by atoms with Gasteiger partial charge in [-0.1, -0.05) is 0 Å². The van der Waals surface area contributed by atoms with E-state index >= 15 is 0 Å². The van der Waals surface area contributed by atoms with Gasteiger partial charge < -0.3 is 25.4 Å². The molecule has 4 rings (SSSR count). The number of nitrogens with zero attached hydrogens (tertiary/aromatic N) is 3. The van der Waals surface area contributed by atoms with Gasteiger partial charge in [0.1, 0.15) is 18.0 Å². The van der Waals surface area contributed by atoms with Crippen molar-refractivity contribution in [3.05, 3.63) is 30.5 Å². The molecule has 0 radical (unpaired) electrons. The standard InChI is InChI=1S/C24H35FN6O2/c1-32-11-8-26-18-2-4-19(5-3-18)31-24-12-20(21(25)15-28-24)22-13-23(30-16-29-22)27-14-17-6-9-33-10-7-17/h12-13,15-19,26H,2-11,14H2,1H3,(H,28,31)(H,27,29,30). The minimum Gasteiger partial charge on any atom is -0.383 e. The first-order valence-corrected chi connectivity index (χ1v) is 12.0. The quantitative estimate of drug-likeness (QED) is 0.466. The van der Waals surface area contributed by atoms with E-state index in [1.165, 1.54) is 12.5 Å². The molecule has 0 amide bonds. The number of methoxy groups -OCH3 is 1. The number of nitrogens with one attached hydrogen (secondary N) is 3. The van der Waals surface area contributed by atoms with Gasteiger partial charge in [0.2, 0.25) is 0 Å². The molecule has 2 aliphatic rings. The fraction of sp³-hybridized carbons (Fsp3) is 0.625. The summed E-state index contributed by atoms with van der Waals surface area (Å²) in [5, 5.41) is 10.4. The van der Waals surface area contributed by atoms with Crippen LogP contribution in [0.1, 0.15) is 38.5 Å². The summed E-state index contributed by atoms with van der Waals surface area (Å²) in [7, 11) is 1.72. The Hall–Kier alpha value is -2.36. The number of aromatic nitrogens is 3. The van der Waals surface area contributed by atoms with E-state index in [9.17, 15) is 4.39 Å². The summed E-state index contributed by atoms with van der Waals surface area (Å²) in [5.41, 5.74) is 0.979. The molecule has 0 aromatic carbocycles. The molecule has 0 unspecified atom stereocenters. The Morgan fingerprint density at radius 1 is 1.00 bits per heavy atom. The van der Waals surface area contributed by atoms with Crippen molar-refractivity contribution in [3.63, 3.8) is 0 Å². The second-order valence-electron chi connectivity index (χ2n) is 8.91. The summed E-state index contributed by atoms with van der Waals surface area (Å²) >= 11 is 0. The van der Waals surface area contributed by atoms with E-state index in [1.54, 1.807) is 19.2 Å². The minimum atomic E-state index is -0.388. The number of halogens is 1. The Balaban J connectivity index is 1.34. The van der Waals surface area contributed by atoms with Gasteiger partial charge in [-0.25, -0.2) is 19.3 Å². The van der Waals surface area contributed by atoms with E-state index < -0.39 is 0 Å². The molecule has 180 valence electrons. The fourth-order valence-electron chi connectivity index (χ4n) is 4.53. The molecule has 8 nitrogen and oxygen atoms in total. The van der Waals surface area contributed by atoms with E-state index in [0.29, 0.717) is 40.9 Å². The monoisotopic (exact) mass is 458 g/mol. The maximum Gasteiger partial charge on any atom is 0.151 e. The van der Waals surface area contributed by atoms with E-state index in [0.717, 1.165) is 71.4 Å². The highest BCUT2D eigenvalue weighted by Gasteiger charge is 2.21. The maximum atomic E-state index is 14.6. The Labute approximate surface area is 195 Å². The van der Waals surface area contributed by atoms with Gasteiger partial charge >= 0.3 is 0 Å². The van der Waals surface area contributed by atoms with Crippen LogP contribution < -0.4 is 16.0 Å². The highest BCUT2D eigenvalue weighted by molar-refractivity contribution is 5.65. The van der Waals surface area contributed by atoms with E-state index in [2.05, 4.69) is 30.9 Å². The zero-order valence-electron chi connectivity index (χ0n) is 19.4. The van der Waals surface area contributed by atoms with Gasteiger partial charge in [-0.05, 0) is 50.5 Å². The molecule has 0 atom stereocenters.